The number of rotatable bonds is 12. The van der Waals surface area contributed by atoms with Gasteiger partial charge in [-0.1, -0.05) is 77.6 Å². The zero-order valence-electron chi connectivity index (χ0n) is 17.0. The van der Waals surface area contributed by atoms with Crippen LogP contribution < -0.4 is 4.74 Å². The number of hydrogen-bond acceptors (Lipinski definition) is 2. The van der Waals surface area contributed by atoms with Crippen LogP contribution in [-0.4, -0.2) is 6.61 Å². The molecule has 1 aliphatic carbocycles. The van der Waals surface area contributed by atoms with Gasteiger partial charge in [0, 0.05) is 0 Å². The molecular formula is C24H36FNO. The predicted octanol–water partition coefficient (Wildman–Crippen LogP) is 7.41. The van der Waals surface area contributed by atoms with Crippen LogP contribution in [0, 0.1) is 29.0 Å². The quantitative estimate of drug-likeness (QED) is 0.357. The number of nitrogens with zero attached hydrogens (tertiary/aromatic N) is 1. The first-order valence-corrected chi connectivity index (χ1v) is 11.1. The number of nitriles is 1. The molecule has 2 nitrogen and oxygen atoms in total. The van der Waals surface area contributed by atoms with Crippen LogP contribution in [0.4, 0.5) is 4.39 Å². The lowest BCUT2D eigenvalue weighted by Crippen LogP contribution is -2.15. The van der Waals surface area contributed by atoms with Crippen molar-refractivity contribution in [3.63, 3.8) is 0 Å². The lowest BCUT2D eigenvalue weighted by Gasteiger charge is -2.28. The molecule has 1 aromatic carbocycles. The number of ether oxygens (including phenoxy) is 1. The molecule has 0 spiro atoms. The van der Waals surface area contributed by atoms with E-state index in [1.807, 2.05) is 6.07 Å². The van der Waals surface area contributed by atoms with E-state index in [0.29, 0.717) is 12.2 Å². The van der Waals surface area contributed by atoms with E-state index in [1.54, 1.807) is 12.1 Å². The van der Waals surface area contributed by atoms with E-state index in [4.69, 9.17) is 10.00 Å². The van der Waals surface area contributed by atoms with Gasteiger partial charge in [-0.05, 0) is 42.9 Å². The number of benzene rings is 1. The maximum atomic E-state index is 13.8. The second kappa shape index (κ2) is 12.8. The van der Waals surface area contributed by atoms with Crippen molar-refractivity contribution in [2.75, 3.05) is 6.61 Å². The van der Waals surface area contributed by atoms with Gasteiger partial charge < -0.3 is 4.74 Å². The van der Waals surface area contributed by atoms with Crippen molar-refractivity contribution in [2.24, 2.45) is 11.8 Å². The van der Waals surface area contributed by atoms with E-state index in [9.17, 15) is 4.39 Å². The fourth-order valence-electron chi connectivity index (χ4n) is 4.26. The van der Waals surface area contributed by atoms with Crippen molar-refractivity contribution in [1.29, 1.82) is 5.26 Å². The SMILES string of the molecule is CCCCCCCCC1CCC(CCCOc2ccc(C#N)cc2F)CC1. The smallest absolute Gasteiger partial charge is 0.166 e. The molecule has 0 heterocycles. The van der Waals surface area contributed by atoms with E-state index in [1.165, 1.54) is 83.1 Å². The average molecular weight is 374 g/mol. The third kappa shape index (κ3) is 8.33. The molecule has 1 saturated carbocycles. The van der Waals surface area contributed by atoms with Gasteiger partial charge in [0.25, 0.3) is 0 Å². The number of unbranched alkanes of at least 4 members (excludes halogenated alkanes) is 5. The first kappa shape index (κ1) is 21.7. The Morgan fingerprint density at radius 3 is 2.22 bits per heavy atom. The van der Waals surface area contributed by atoms with Gasteiger partial charge in [0.15, 0.2) is 11.6 Å². The van der Waals surface area contributed by atoms with Gasteiger partial charge in [-0.3, -0.25) is 0 Å². The van der Waals surface area contributed by atoms with Crippen LogP contribution >= 0.6 is 0 Å². The summed E-state index contributed by atoms with van der Waals surface area (Å²) >= 11 is 0. The van der Waals surface area contributed by atoms with Crippen LogP contribution in [0.1, 0.15) is 96.0 Å². The van der Waals surface area contributed by atoms with Crippen LogP contribution in [0.3, 0.4) is 0 Å². The fraction of sp³-hybridized carbons (Fsp3) is 0.708. The molecule has 27 heavy (non-hydrogen) atoms. The molecular weight excluding hydrogens is 337 g/mol. The molecule has 2 rings (SSSR count). The van der Waals surface area contributed by atoms with Gasteiger partial charge in [-0.2, -0.15) is 5.26 Å². The third-order valence-electron chi connectivity index (χ3n) is 6.01. The molecule has 0 radical (unpaired) electrons. The van der Waals surface area contributed by atoms with Crippen LogP contribution in [0.25, 0.3) is 0 Å². The topological polar surface area (TPSA) is 33.0 Å². The number of hydrogen-bond donors (Lipinski definition) is 0. The van der Waals surface area contributed by atoms with Gasteiger partial charge in [-0.15, -0.1) is 0 Å². The van der Waals surface area contributed by atoms with Gasteiger partial charge >= 0.3 is 0 Å². The maximum Gasteiger partial charge on any atom is 0.166 e. The van der Waals surface area contributed by atoms with Crippen molar-refractivity contribution < 1.29 is 9.13 Å². The van der Waals surface area contributed by atoms with Crippen molar-refractivity contribution >= 4 is 0 Å². The lowest BCUT2D eigenvalue weighted by atomic mass is 9.78. The summed E-state index contributed by atoms with van der Waals surface area (Å²) in [6, 6.07) is 6.33. The minimum Gasteiger partial charge on any atom is -0.491 e. The maximum absolute atomic E-state index is 13.8. The van der Waals surface area contributed by atoms with Crippen LogP contribution in [0.15, 0.2) is 18.2 Å². The molecule has 0 N–H and O–H groups in total. The molecule has 0 bridgehead atoms. The molecule has 0 aliphatic heterocycles. The molecule has 150 valence electrons. The number of halogens is 1. The summed E-state index contributed by atoms with van der Waals surface area (Å²) in [5.74, 6) is 1.59. The van der Waals surface area contributed by atoms with Gasteiger partial charge in [0.05, 0.1) is 18.2 Å². The van der Waals surface area contributed by atoms with E-state index in [-0.39, 0.29) is 5.75 Å². The first-order chi connectivity index (χ1) is 13.2. The summed E-state index contributed by atoms with van der Waals surface area (Å²) in [6.07, 6.45) is 17.5. The van der Waals surface area contributed by atoms with E-state index < -0.39 is 5.82 Å². The first-order valence-electron chi connectivity index (χ1n) is 11.1. The van der Waals surface area contributed by atoms with Crippen LogP contribution in [0.5, 0.6) is 5.75 Å². The average Bonchev–Trinajstić information content (AvgIpc) is 2.70. The minimum atomic E-state index is -0.441. The fourth-order valence-corrected chi connectivity index (χ4v) is 4.26. The summed E-state index contributed by atoms with van der Waals surface area (Å²) in [7, 11) is 0. The molecule has 3 heteroatoms. The molecule has 0 amide bonds. The van der Waals surface area contributed by atoms with Crippen LogP contribution in [0.2, 0.25) is 0 Å². The molecule has 0 aromatic heterocycles. The van der Waals surface area contributed by atoms with Crippen molar-refractivity contribution in [3.05, 3.63) is 29.6 Å². The van der Waals surface area contributed by atoms with Gasteiger partial charge in [-0.25, -0.2) is 4.39 Å². The minimum absolute atomic E-state index is 0.261. The van der Waals surface area contributed by atoms with Crippen molar-refractivity contribution in [1.82, 2.24) is 0 Å². The van der Waals surface area contributed by atoms with Gasteiger partial charge in [0.1, 0.15) is 0 Å². The van der Waals surface area contributed by atoms with Gasteiger partial charge in [0.2, 0.25) is 0 Å². The largest absolute Gasteiger partial charge is 0.491 e. The van der Waals surface area contributed by atoms with E-state index in [2.05, 4.69) is 6.92 Å². The third-order valence-corrected chi connectivity index (χ3v) is 6.01. The summed E-state index contributed by atoms with van der Waals surface area (Å²) in [4.78, 5) is 0. The molecule has 0 unspecified atom stereocenters. The zero-order valence-corrected chi connectivity index (χ0v) is 17.0. The second-order valence-corrected chi connectivity index (χ2v) is 8.19. The van der Waals surface area contributed by atoms with E-state index in [0.717, 1.165) is 18.3 Å². The van der Waals surface area contributed by atoms with Crippen molar-refractivity contribution in [2.45, 2.75) is 90.4 Å². The molecule has 1 fully saturated rings. The Labute approximate surface area is 165 Å². The highest BCUT2D eigenvalue weighted by Crippen LogP contribution is 2.34. The normalized spacial score (nSPS) is 19.6. The Kier molecular flexibility index (Phi) is 10.3. The second-order valence-electron chi connectivity index (χ2n) is 8.19. The Bertz CT molecular complexity index is 572. The Morgan fingerprint density at radius 1 is 0.963 bits per heavy atom. The molecule has 0 atom stereocenters. The Balaban J connectivity index is 1.52. The summed E-state index contributed by atoms with van der Waals surface area (Å²) < 4.78 is 19.3. The monoisotopic (exact) mass is 373 g/mol. The summed E-state index contributed by atoms with van der Waals surface area (Å²) in [6.45, 7) is 2.83. The summed E-state index contributed by atoms with van der Waals surface area (Å²) in [5, 5.41) is 8.76. The highest BCUT2D eigenvalue weighted by molar-refractivity contribution is 5.35. The lowest BCUT2D eigenvalue weighted by molar-refractivity contribution is 0.225. The highest BCUT2D eigenvalue weighted by Gasteiger charge is 2.20. The Morgan fingerprint density at radius 2 is 1.59 bits per heavy atom. The zero-order chi connectivity index (χ0) is 19.3. The highest BCUT2D eigenvalue weighted by atomic mass is 19.1. The molecule has 0 saturated heterocycles. The van der Waals surface area contributed by atoms with Crippen molar-refractivity contribution in [3.8, 4) is 11.8 Å². The molecule has 1 aliphatic rings. The van der Waals surface area contributed by atoms with E-state index >= 15 is 0 Å². The standard InChI is InChI=1S/C24H36FNO/c1-2-3-4-5-6-7-9-20-11-13-21(14-12-20)10-8-17-27-24-16-15-22(19-26)18-23(24)25/h15-16,18,20-21H,2-14,17H2,1H3. The predicted molar refractivity (Wildman–Crippen MR) is 109 cm³/mol. The molecule has 1 aromatic rings. The Hall–Kier alpha value is -1.56. The summed E-state index contributed by atoms with van der Waals surface area (Å²) in [5.41, 5.74) is 0.331. The van der Waals surface area contributed by atoms with Crippen LogP contribution in [-0.2, 0) is 0 Å².